The fourth-order valence-corrected chi connectivity index (χ4v) is 4.19. The summed E-state index contributed by atoms with van der Waals surface area (Å²) in [5.41, 5.74) is 0. The van der Waals surface area contributed by atoms with Crippen LogP contribution < -0.4 is 5.32 Å². The maximum Gasteiger partial charge on any atom is 0.231 e. The third-order valence-electron chi connectivity index (χ3n) is 5.17. The molecule has 2 bridgehead atoms. The normalized spacial score (nSPS) is 39.3. The molecule has 1 N–H and O–H groups in total. The van der Waals surface area contributed by atoms with Crippen molar-refractivity contribution in [3.05, 3.63) is 11.7 Å². The highest BCUT2D eigenvalue weighted by Crippen LogP contribution is 2.52. The van der Waals surface area contributed by atoms with Gasteiger partial charge in [0.15, 0.2) is 5.82 Å². The second-order valence-electron chi connectivity index (χ2n) is 6.32. The third-order valence-corrected chi connectivity index (χ3v) is 5.17. The first-order valence-corrected chi connectivity index (χ1v) is 7.44. The average molecular weight is 247 g/mol. The van der Waals surface area contributed by atoms with E-state index in [9.17, 15) is 0 Å². The van der Waals surface area contributed by atoms with Gasteiger partial charge in [0.05, 0.1) is 5.92 Å². The molecule has 1 aromatic rings. The molecular weight excluding hydrogens is 226 g/mol. The number of nitrogens with one attached hydrogen (secondary N) is 1. The van der Waals surface area contributed by atoms with E-state index >= 15 is 0 Å². The Kier molecular flexibility index (Phi) is 2.64. The molecule has 2 heterocycles. The van der Waals surface area contributed by atoms with E-state index in [0.29, 0.717) is 11.8 Å². The van der Waals surface area contributed by atoms with Crippen molar-refractivity contribution in [2.75, 3.05) is 13.1 Å². The summed E-state index contributed by atoms with van der Waals surface area (Å²) in [5.74, 6) is 4.70. The largest absolute Gasteiger partial charge is 0.339 e. The van der Waals surface area contributed by atoms with E-state index in [1.54, 1.807) is 0 Å². The molecule has 0 spiro atoms. The van der Waals surface area contributed by atoms with Gasteiger partial charge in [-0.05, 0) is 50.5 Å². The highest BCUT2D eigenvalue weighted by molar-refractivity contribution is 5.08. The van der Waals surface area contributed by atoms with Crippen LogP contribution in [0.3, 0.4) is 0 Å². The van der Waals surface area contributed by atoms with Crippen molar-refractivity contribution < 1.29 is 4.52 Å². The minimum atomic E-state index is 0.443. The lowest BCUT2D eigenvalue weighted by Crippen LogP contribution is -2.28. The summed E-state index contributed by atoms with van der Waals surface area (Å²) in [6.45, 7) is 2.13. The van der Waals surface area contributed by atoms with Crippen molar-refractivity contribution in [3.8, 4) is 0 Å². The maximum absolute atomic E-state index is 5.52. The molecule has 4 rings (SSSR count). The second kappa shape index (κ2) is 4.34. The van der Waals surface area contributed by atoms with Gasteiger partial charge in [-0.2, -0.15) is 4.98 Å². The Hall–Kier alpha value is -0.900. The van der Waals surface area contributed by atoms with E-state index in [-0.39, 0.29) is 0 Å². The zero-order valence-electron chi connectivity index (χ0n) is 10.8. The summed E-state index contributed by atoms with van der Waals surface area (Å²) in [6, 6.07) is 0. The fourth-order valence-electron chi connectivity index (χ4n) is 4.19. The Morgan fingerprint density at radius 2 is 2.17 bits per heavy atom. The Balaban J connectivity index is 1.51. The summed E-state index contributed by atoms with van der Waals surface area (Å²) in [7, 11) is 0. The lowest BCUT2D eigenvalue weighted by molar-refractivity contribution is 0.314. The van der Waals surface area contributed by atoms with Crippen molar-refractivity contribution in [1.29, 1.82) is 0 Å². The highest BCUT2D eigenvalue weighted by Gasteiger charge is 2.42. The lowest BCUT2D eigenvalue weighted by Gasteiger charge is -2.19. The van der Waals surface area contributed by atoms with Crippen LogP contribution in [0.25, 0.3) is 0 Å². The molecule has 4 nitrogen and oxygen atoms in total. The van der Waals surface area contributed by atoms with E-state index in [1.165, 1.54) is 38.5 Å². The van der Waals surface area contributed by atoms with Gasteiger partial charge < -0.3 is 9.84 Å². The van der Waals surface area contributed by atoms with Gasteiger partial charge in [-0.15, -0.1) is 0 Å². The summed E-state index contributed by atoms with van der Waals surface area (Å²) in [6.07, 6.45) is 7.91. The summed E-state index contributed by atoms with van der Waals surface area (Å²) >= 11 is 0. The molecule has 2 saturated carbocycles. The number of rotatable bonds is 2. The molecule has 1 saturated heterocycles. The van der Waals surface area contributed by atoms with Gasteiger partial charge >= 0.3 is 0 Å². The van der Waals surface area contributed by atoms with Crippen LogP contribution in [-0.2, 0) is 0 Å². The van der Waals surface area contributed by atoms with Crippen LogP contribution in [0.2, 0.25) is 0 Å². The molecule has 0 aromatic carbocycles. The quantitative estimate of drug-likeness (QED) is 0.872. The van der Waals surface area contributed by atoms with Crippen molar-refractivity contribution in [2.24, 2.45) is 11.8 Å². The van der Waals surface area contributed by atoms with Crippen LogP contribution in [0.15, 0.2) is 4.52 Å². The molecule has 3 fully saturated rings. The van der Waals surface area contributed by atoms with Gasteiger partial charge in [0.2, 0.25) is 5.89 Å². The van der Waals surface area contributed by atoms with Gasteiger partial charge in [0.1, 0.15) is 0 Å². The number of piperidine rings is 1. The van der Waals surface area contributed by atoms with E-state index in [1.807, 2.05) is 0 Å². The Labute approximate surface area is 108 Å². The molecule has 3 unspecified atom stereocenters. The standard InChI is InChI=1S/C14H21N3O/c1-2-11(8-15-5-1)14-16-13(17-18-14)12-7-9-3-4-10(12)6-9/h9-12,15H,1-8H2/t9?,10?,11-,12?/m1/s1. The SMILES string of the molecule is C1CNC[C@H](c2nc(C3CC4CCC3C4)no2)C1. The van der Waals surface area contributed by atoms with E-state index in [0.717, 1.165) is 36.6 Å². The number of fused-ring (bicyclic) bond motifs is 2. The summed E-state index contributed by atoms with van der Waals surface area (Å²) in [5, 5.41) is 7.69. The molecule has 2 aliphatic carbocycles. The van der Waals surface area contributed by atoms with Gasteiger partial charge in [0, 0.05) is 12.5 Å². The molecule has 4 atom stereocenters. The first-order valence-electron chi connectivity index (χ1n) is 7.44. The van der Waals surface area contributed by atoms with E-state index in [4.69, 9.17) is 9.51 Å². The molecule has 0 radical (unpaired) electrons. The molecule has 3 aliphatic rings. The second-order valence-corrected chi connectivity index (χ2v) is 6.32. The fraction of sp³-hybridized carbons (Fsp3) is 0.857. The minimum Gasteiger partial charge on any atom is -0.339 e. The Morgan fingerprint density at radius 3 is 2.89 bits per heavy atom. The van der Waals surface area contributed by atoms with Gasteiger partial charge in [-0.1, -0.05) is 11.6 Å². The van der Waals surface area contributed by atoms with Crippen molar-refractivity contribution in [3.63, 3.8) is 0 Å². The predicted molar refractivity (Wildman–Crippen MR) is 67.3 cm³/mol. The van der Waals surface area contributed by atoms with Crippen molar-refractivity contribution in [1.82, 2.24) is 15.5 Å². The van der Waals surface area contributed by atoms with Crippen LogP contribution in [0.5, 0.6) is 0 Å². The Morgan fingerprint density at radius 1 is 1.17 bits per heavy atom. The Bertz CT molecular complexity index is 424. The van der Waals surface area contributed by atoms with Crippen LogP contribution in [0.1, 0.15) is 62.1 Å². The summed E-state index contributed by atoms with van der Waals surface area (Å²) < 4.78 is 5.52. The van der Waals surface area contributed by atoms with E-state index in [2.05, 4.69) is 10.5 Å². The third kappa shape index (κ3) is 1.78. The van der Waals surface area contributed by atoms with Crippen molar-refractivity contribution >= 4 is 0 Å². The summed E-state index contributed by atoms with van der Waals surface area (Å²) in [4.78, 5) is 4.72. The topological polar surface area (TPSA) is 51.0 Å². The maximum atomic E-state index is 5.52. The van der Waals surface area contributed by atoms with Crippen LogP contribution in [-0.4, -0.2) is 23.2 Å². The van der Waals surface area contributed by atoms with E-state index < -0.39 is 0 Å². The number of nitrogens with zero attached hydrogens (tertiary/aromatic N) is 2. The zero-order chi connectivity index (χ0) is 11.9. The number of aromatic nitrogens is 2. The first kappa shape index (κ1) is 11.0. The molecular formula is C14H21N3O. The van der Waals surface area contributed by atoms with Gasteiger partial charge in [0.25, 0.3) is 0 Å². The monoisotopic (exact) mass is 247 g/mol. The first-order chi connectivity index (χ1) is 8.90. The smallest absolute Gasteiger partial charge is 0.231 e. The molecule has 4 heteroatoms. The molecule has 0 amide bonds. The van der Waals surface area contributed by atoms with Crippen LogP contribution in [0.4, 0.5) is 0 Å². The predicted octanol–water partition coefficient (Wildman–Crippen LogP) is 2.44. The average Bonchev–Trinajstić information content (AvgIpc) is 3.15. The lowest BCUT2D eigenvalue weighted by atomic mass is 9.88. The molecule has 18 heavy (non-hydrogen) atoms. The van der Waals surface area contributed by atoms with Gasteiger partial charge in [-0.3, -0.25) is 0 Å². The molecule has 98 valence electrons. The molecule has 1 aliphatic heterocycles. The zero-order valence-corrected chi connectivity index (χ0v) is 10.8. The van der Waals surface area contributed by atoms with Crippen molar-refractivity contribution in [2.45, 2.75) is 50.4 Å². The van der Waals surface area contributed by atoms with Gasteiger partial charge in [-0.25, -0.2) is 0 Å². The highest BCUT2D eigenvalue weighted by atomic mass is 16.5. The van der Waals surface area contributed by atoms with Crippen LogP contribution in [0, 0.1) is 11.8 Å². The number of hydrogen-bond donors (Lipinski definition) is 1. The number of hydrogen-bond acceptors (Lipinski definition) is 4. The minimum absolute atomic E-state index is 0.443. The molecule has 1 aromatic heterocycles. The van der Waals surface area contributed by atoms with Crippen LogP contribution >= 0.6 is 0 Å².